The van der Waals surface area contributed by atoms with Crippen LogP contribution in [0.25, 0.3) is 11.4 Å². The lowest BCUT2D eigenvalue weighted by Crippen LogP contribution is -2.35. The fraction of sp³-hybridized carbons (Fsp3) is 0.333. The van der Waals surface area contributed by atoms with Crippen LogP contribution < -0.4 is 10.6 Å². The molecule has 7 heteroatoms. The molecule has 0 aliphatic heterocycles. The van der Waals surface area contributed by atoms with Crippen molar-refractivity contribution < 1.29 is 4.79 Å². The van der Waals surface area contributed by atoms with Crippen LogP contribution in [0.4, 0.5) is 5.69 Å². The molecule has 0 saturated carbocycles. The van der Waals surface area contributed by atoms with Crippen molar-refractivity contribution in [1.82, 2.24) is 25.5 Å². The molecule has 1 unspecified atom stereocenters. The molecule has 0 fully saturated rings. The van der Waals surface area contributed by atoms with E-state index in [1.165, 1.54) is 0 Å². The van der Waals surface area contributed by atoms with E-state index >= 15 is 0 Å². The van der Waals surface area contributed by atoms with E-state index in [-0.39, 0.29) is 11.9 Å². The van der Waals surface area contributed by atoms with Gasteiger partial charge in [0.2, 0.25) is 5.91 Å². The number of hydrogen-bond donors (Lipinski definition) is 2. The second kappa shape index (κ2) is 5.57. The molecule has 19 heavy (non-hydrogen) atoms. The molecule has 0 aliphatic rings. The number of nitrogens with one attached hydrogen (secondary N) is 2. The minimum Gasteiger partial charge on any atom is -0.325 e. The first-order valence-corrected chi connectivity index (χ1v) is 5.92. The van der Waals surface area contributed by atoms with Gasteiger partial charge in [0, 0.05) is 18.3 Å². The maximum absolute atomic E-state index is 11.8. The summed E-state index contributed by atoms with van der Waals surface area (Å²) in [5.74, 6) is 0.563. The smallest absolute Gasteiger partial charge is 0.241 e. The minimum absolute atomic E-state index is 0.0873. The van der Waals surface area contributed by atoms with Gasteiger partial charge in [0.1, 0.15) is 0 Å². The zero-order valence-electron chi connectivity index (χ0n) is 11.1. The van der Waals surface area contributed by atoms with Crippen LogP contribution in [0.2, 0.25) is 0 Å². The van der Waals surface area contributed by atoms with Crippen molar-refractivity contribution in [2.45, 2.75) is 13.0 Å². The molecule has 0 radical (unpaired) electrons. The first kappa shape index (κ1) is 13.2. The summed E-state index contributed by atoms with van der Waals surface area (Å²) in [5, 5.41) is 17.0. The maximum Gasteiger partial charge on any atom is 0.241 e. The molecule has 1 amide bonds. The van der Waals surface area contributed by atoms with Crippen molar-refractivity contribution in [2.24, 2.45) is 7.05 Å². The molecule has 2 rings (SSSR count). The molecule has 2 N–H and O–H groups in total. The number of carbonyl (C=O) groups excluding carboxylic acids is 1. The Labute approximate surface area is 111 Å². The largest absolute Gasteiger partial charge is 0.325 e. The number of rotatable bonds is 4. The number of hydrogen-bond acceptors (Lipinski definition) is 5. The predicted molar refractivity (Wildman–Crippen MR) is 71.4 cm³/mol. The number of tetrazole rings is 1. The number of anilines is 1. The topological polar surface area (TPSA) is 84.7 Å². The molecular formula is C12H16N6O. The number of amides is 1. The van der Waals surface area contributed by atoms with Gasteiger partial charge in [-0.1, -0.05) is 12.1 Å². The highest BCUT2D eigenvalue weighted by atomic mass is 16.2. The Morgan fingerprint density at radius 1 is 1.42 bits per heavy atom. The number of aromatic nitrogens is 4. The monoisotopic (exact) mass is 260 g/mol. The minimum atomic E-state index is -0.250. The maximum atomic E-state index is 11.8. The lowest BCUT2D eigenvalue weighted by Gasteiger charge is -2.11. The van der Waals surface area contributed by atoms with Gasteiger partial charge in [0.15, 0.2) is 5.82 Å². The third kappa shape index (κ3) is 2.94. The number of nitrogens with zero attached hydrogens (tertiary/aromatic N) is 4. The van der Waals surface area contributed by atoms with E-state index in [4.69, 9.17) is 0 Å². The second-order valence-electron chi connectivity index (χ2n) is 4.21. The van der Waals surface area contributed by atoms with E-state index in [2.05, 4.69) is 26.2 Å². The zero-order chi connectivity index (χ0) is 13.8. The van der Waals surface area contributed by atoms with Crippen LogP contribution in [0.5, 0.6) is 0 Å². The van der Waals surface area contributed by atoms with E-state index < -0.39 is 0 Å². The third-order valence-corrected chi connectivity index (χ3v) is 2.83. The van der Waals surface area contributed by atoms with E-state index in [0.717, 1.165) is 5.56 Å². The van der Waals surface area contributed by atoms with Crippen LogP contribution in [0.3, 0.4) is 0 Å². The van der Waals surface area contributed by atoms with Gasteiger partial charge in [0.25, 0.3) is 0 Å². The molecule has 1 aromatic carbocycles. The van der Waals surface area contributed by atoms with Crippen molar-refractivity contribution in [3.8, 4) is 11.4 Å². The van der Waals surface area contributed by atoms with Crippen molar-refractivity contribution in [2.75, 3.05) is 12.4 Å². The summed E-state index contributed by atoms with van der Waals surface area (Å²) in [7, 11) is 3.51. The SMILES string of the molecule is CNC(C)C(=O)Nc1cccc(-c2nnnn2C)c1. The van der Waals surface area contributed by atoms with E-state index in [0.29, 0.717) is 11.5 Å². The molecular weight excluding hydrogens is 244 g/mol. The Balaban J connectivity index is 2.21. The zero-order valence-corrected chi connectivity index (χ0v) is 11.1. The third-order valence-electron chi connectivity index (χ3n) is 2.83. The Hall–Kier alpha value is -2.28. The summed E-state index contributed by atoms with van der Waals surface area (Å²) in [6.07, 6.45) is 0. The fourth-order valence-electron chi connectivity index (χ4n) is 1.59. The van der Waals surface area contributed by atoms with Crippen LogP contribution in [0.15, 0.2) is 24.3 Å². The lowest BCUT2D eigenvalue weighted by molar-refractivity contribution is -0.117. The fourth-order valence-corrected chi connectivity index (χ4v) is 1.59. The second-order valence-corrected chi connectivity index (χ2v) is 4.21. The van der Waals surface area contributed by atoms with Crippen molar-refractivity contribution in [3.63, 3.8) is 0 Å². The Kier molecular flexibility index (Phi) is 3.86. The normalized spacial score (nSPS) is 12.2. The molecule has 7 nitrogen and oxygen atoms in total. The lowest BCUT2D eigenvalue weighted by atomic mass is 10.2. The van der Waals surface area contributed by atoms with Crippen LogP contribution in [0.1, 0.15) is 6.92 Å². The van der Waals surface area contributed by atoms with Gasteiger partial charge >= 0.3 is 0 Å². The molecule has 1 heterocycles. The highest BCUT2D eigenvalue weighted by Gasteiger charge is 2.11. The Morgan fingerprint density at radius 2 is 2.21 bits per heavy atom. The van der Waals surface area contributed by atoms with Gasteiger partial charge < -0.3 is 10.6 Å². The highest BCUT2D eigenvalue weighted by molar-refractivity contribution is 5.94. The van der Waals surface area contributed by atoms with Crippen LogP contribution in [-0.2, 0) is 11.8 Å². The van der Waals surface area contributed by atoms with Crippen LogP contribution >= 0.6 is 0 Å². The molecule has 0 saturated heterocycles. The summed E-state index contributed by atoms with van der Waals surface area (Å²) in [4.78, 5) is 11.8. The van der Waals surface area contributed by atoms with E-state index in [1.807, 2.05) is 24.3 Å². The van der Waals surface area contributed by atoms with E-state index in [1.54, 1.807) is 25.7 Å². The predicted octanol–water partition coefficient (Wildman–Crippen LogP) is 0.423. The van der Waals surface area contributed by atoms with Gasteiger partial charge in [-0.05, 0) is 36.5 Å². The average Bonchev–Trinajstić information content (AvgIpc) is 2.84. The van der Waals surface area contributed by atoms with Gasteiger partial charge in [0.05, 0.1) is 6.04 Å². The molecule has 1 atom stereocenters. The number of carbonyl (C=O) groups is 1. The standard InChI is InChI=1S/C12H16N6O/c1-8(13-2)12(19)14-10-6-4-5-9(7-10)11-15-16-17-18(11)3/h4-8,13H,1-3H3,(H,14,19). The van der Waals surface area contributed by atoms with Gasteiger partial charge in [-0.3, -0.25) is 4.79 Å². The summed E-state index contributed by atoms with van der Waals surface area (Å²) < 4.78 is 1.58. The van der Waals surface area contributed by atoms with Crippen LogP contribution in [0, 0.1) is 0 Å². The Morgan fingerprint density at radius 3 is 2.84 bits per heavy atom. The van der Waals surface area contributed by atoms with Crippen molar-refractivity contribution in [1.29, 1.82) is 0 Å². The number of aryl methyl sites for hydroxylation is 1. The molecule has 1 aromatic heterocycles. The summed E-state index contributed by atoms with van der Waals surface area (Å²) >= 11 is 0. The van der Waals surface area contributed by atoms with Crippen molar-refractivity contribution >= 4 is 11.6 Å². The molecule has 100 valence electrons. The van der Waals surface area contributed by atoms with E-state index in [9.17, 15) is 4.79 Å². The number of likely N-dealkylation sites (N-methyl/N-ethyl adjacent to an activating group) is 1. The molecule has 0 aliphatic carbocycles. The quantitative estimate of drug-likeness (QED) is 0.832. The number of benzene rings is 1. The van der Waals surface area contributed by atoms with Gasteiger partial charge in [-0.2, -0.15) is 0 Å². The average molecular weight is 260 g/mol. The summed E-state index contributed by atoms with van der Waals surface area (Å²) in [6, 6.07) is 7.16. The summed E-state index contributed by atoms with van der Waals surface area (Å²) in [6.45, 7) is 1.80. The van der Waals surface area contributed by atoms with Crippen LogP contribution in [-0.4, -0.2) is 39.2 Å². The Bertz CT molecular complexity index is 579. The van der Waals surface area contributed by atoms with Crippen molar-refractivity contribution in [3.05, 3.63) is 24.3 Å². The van der Waals surface area contributed by atoms with Gasteiger partial charge in [-0.25, -0.2) is 4.68 Å². The first-order chi connectivity index (χ1) is 9.11. The highest BCUT2D eigenvalue weighted by Crippen LogP contribution is 2.19. The van der Waals surface area contributed by atoms with Gasteiger partial charge in [-0.15, -0.1) is 5.10 Å². The molecule has 0 spiro atoms. The molecule has 2 aromatic rings. The first-order valence-electron chi connectivity index (χ1n) is 5.92. The molecule has 0 bridgehead atoms. The summed E-state index contributed by atoms with van der Waals surface area (Å²) in [5.41, 5.74) is 1.56.